The molecule has 0 spiro atoms. The lowest BCUT2D eigenvalue weighted by molar-refractivity contribution is 0.178. The number of nitrogens with one attached hydrogen (secondary N) is 2. The second-order valence-electron chi connectivity index (χ2n) is 9.05. The van der Waals surface area contributed by atoms with Crippen molar-refractivity contribution >= 4 is 16.1 Å². The summed E-state index contributed by atoms with van der Waals surface area (Å²) in [5, 5.41) is 3.20. The molecule has 0 unspecified atom stereocenters. The molecule has 0 bridgehead atoms. The molecule has 0 atom stereocenters. The summed E-state index contributed by atoms with van der Waals surface area (Å²) < 4.78 is 26.8. The number of piperidine rings is 1. The van der Waals surface area contributed by atoms with Crippen molar-refractivity contribution in [2.75, 3.05) is 13.1 Å². The number of sulfonamides is 1. The van der Waals surface area contributed by atoms with Crippen LogP contribution in [0.5, 0.6) is 0 Å². The highest BCUT2D eigenvalue weighted by Gasteiger charge is 2.34. The van der Waals surface area contributed by atoms with Crippen molar-refractivity contribution in [3.05, 3.63) is 59.7 Å². The van der Waals surface area contributed by atoms with E-state index in [-0.39, 0.29) is 18.1 Å². The lowest BCUT2D eigenvalue weighted by Crippen LogP contribution is -2.52. The third-order valence-corrected chi connectivity index (χ3v) is 8.27. The molecular formula is C23H29N3O3S. The summed E-state index contributed by atoms with van der Waals surface area (Å²) in [6.07, 6.45) is 1.22. The number of urea groups is 1. The Kier molecular flexibility index (Phi) is 5.36. The highest BCUT2D eigenvalue weighted by molar-refractivity contribution is 7.90. The van der Waals surface area contributed by atoms with Crippen molar-refractivity contribution < 1.29 is 13.2 Å². The van der Waals surface area contributed by atoms with Crippen molar-refractivity contribution in [3.63, 3.8) is 0 Å². The Morgan fingerprint density at radius 3 is 1.93 bits per heavy atom. The maximum absolute atomic E-state index is 13.0. The van der Waals surface area contributed by atoms with Crippen molar-refractivity contribution in [2.24, 2.45) is 0 Å². The van der Waals surface area contributed by atoms with E-state index in [0.29, 0.717) is 25.9 Å². The first-order chi connectivity index (χ1) is 14.2. The number of hydrogen-bond donors (Lipinski definition) is 2. The van der Waals surface area contributed by atoms with Crippen LogP contribution in [0.25, 0.3) is 11.1 Å². The van der Waals surface area contributed by atoms with Crippen LogP contribution >= 0.6 is 0 Å². The van der Waals surface area contributed by atoms with Gasteiger partial charge in [0.15, 0.2) is 0 Å². The average Bonchev–Trinajstić information content (AvgIpc) is 3.02. The molecule has 1 aliphatic carbocycles. The fourth-order valence-electron chi connectivity index (χ4n) is 4.12. The maximum atomic E-state index is 13.0. The van der Waals surface area contributed by atoms with Crippen LogP contribution in [0.15, 0.2) is 48.5 Å². The first kappa shape index (κ1) is 20.9. The Morgan fingerprint density at radius 1 is 0.933 bits per heavy atom. The fourth-order valence-corrected chi connectivity index (χ4v) is 5.15. The summed E-state index contributed by atoms with van der Waals surface area (Å²) in [6, 6.07) is 15.9. The third kappa shape index (κ3) is 3.84. The Bertz CT molecular complexity index is 1010. The van der Waals surface area contributed by atoms with Gasteiger partial charge in [-0.2, -0.15) is 0 Å². The minimum absolute atomic E-state index is 0.108. The van der Waals surface area contributed by atoms with E-state index >= 15 is 0 Å². The van der Waals surface area contributed by atoms with Crippen molar-refractivity contribution in [1.82, 2.24) is 14.9 Å². The predicted octanol–water partition coefficient (Wildman–Crippen LogP) is 3.65. The van der Waals surface area contributed by atoms with E-state index in [1.54, 1.807) is 25.7 Å². The molecule has 0 saturated carbocycles. The molecule has 0 radical (unpaired) electrons. The minimum Gasteiger partial charge on any atom is -0.327 e. The van der Waals surface area contributed by atoms with Gasteiger partial charge in [0, 0.05) is 19.1 Å². The van der Waals surface area contributed by atoms with Gasteiger partial charge in [-0.3, -0.25) is 0 Å². The number of carbonyl (C=O) groups excluding carboxylic acids is 1. The zero-order chi connectivity index (χ0) is 21.5. The second-order valence-corrected chi connectivity index (χ2v) is 11.5. The Labute approximate surface area is 178 Å². The SMILES string of the molecule is CC(C)(C)S(=O)(=O)NC1CCN(C(=O)NC2c3ccccc3-c3ccccc32)CC1. The quantitative estimate of drug-likeness (QED) is 0.785. The monoisotopic (exact) mass is 427 g/mol. The van der Waals surface area contributed by atoms with Gasteiger partial charge in [-0.1, -0.05) is 48.5 Å². The fraction of sp³-hybridized carbons (Fsp3) is 0.435. The van der Waals surface area contributed by atoms with E-state index in [4.69, 9.17) is 0 Å². The first-order valence-electron chi connectivity index (χ1n) is 10.4. The molecule has 30 heavy (non-hydrogen) atoms. The summed E-state index contributed by atoms with van der Waals surface area (Å²) in [5.41, 5.74) is 4.54. The standard InChI is InChI=1S/C23H29N3O3S/c1-23(2,3)30(28,29)25-16-12-14-26(15-13-16)22(27)24-21-19-10-6-4-8-17(19)18-9-5-7-11-20(18)21/h4-11,16,21,25H,12-15H2,1-3H3,(H,24,27). The predicted molar refractivity (Wildman–Crippen MR) is 119 cm³/mol. The van der Waals surface area contributed by atoms with Gasteiger partial charge in [-0.05, 0) is 55.9 Å². The van der Waals surface area contributed by atoms with Crippen LogP contribution in [0, 0.1) is 0 Å². The van der Waals surface area contributed by atoms with Crippen LogP contribution in [0.1, 0.15) is 50.8 Å². The van der Waals surface area contributed by atoms with Crippen LogP contribution in [-0.2, 0) is 10.0 Å². The van der Waals surface area contributed by atoms with Crippen LogP contribution in [-0.4, -0.2) is 43.2 Å². The lowest BCUT2D eigenvalue weighted by Gasteiger charge is -2.34. The molecule has 1 aliphatic heterocycles. The zero-order valence-electron chi connectivity index (χ0n) is 17.7. The molecule has 2 N–H and O–H groups in total. The minimum atomic E-state index is -3.39. The molecule has 4 rings (SSSR count). The highest BCUT2D eigenvalue weighted by Crippen LogP contribution is 2.43. The van der Waals surface area contributed by atoms with Gasteiger partial charge < -0.3 is 10.2 Å². The van der Waals surface area contributed by atoms with Crippen LogP contribution in [0.2, 0.25) is 0 Å². The van der Waals surface area contributed by atoms with E-state index < -0.39 is 14.8 Å². The smallest absolute Gasteiger partial charge is 0.318 e. The molecule has 2 aromatic carbocycles. The van der Waals surface area contributed by atoms with Crippen LogP contribution in [0.4, 0.5) is 4.79 Å². The van der Waals surface area contributed by atoms with E-state index in [9.17, 15) is 13.2 Å². The number of hydrogen-bond acceptors (Lipinski definition) is 3. The van der Waals surface area contributed by atoms with Crippen LogP contribution in [0.3, 0.4) is 0 Å². The van der Waals surface area contributed by atoms with Crippen LogP contribution < -0.4 is 10.0 Å². The Balaban J connectivity index is 1.42. The average molecular weight is 428 g/mol. The number of rotatable bonds is 3. The largest absolute Gasteiger partial charge is 0.327 e. The van der Waals surface area contributed by atoms with Gasteiger partial charge in [0.25, 0.3) is 0 Å². The van der Waals surface area contributed by atoms with Crippen molar-refractivity contribution in [3.8, 4) is 11.1 Å². The zero-order valence-corrected chi connectivity index (χ0v) is 18.5. The van der Waals surface area contributed by atoms with Crippen molar-refractivity contribution in [1.29, 1.82) is 0 Å². The molecule has 2 aliphatic rings. The van der Waals surface area contributed by atoms with Gasteiger partial charge >= 0.3 is 6.03 Å². The molecular weight excluding hydrogens is 398 g/mol. The second kappa shape index (κ2) is 7.71. The number of benzene rings is 2. The van der Waals surface area contributed by atoms with E-state index in [0.717, 1.165) is 22.3 Å². The molecule has 6 nitrogen and oxygen atoms in total. The molecule has 7 heteroatoms. The van der Waals surface area contributed by atoms with E-state index in [1.807, 2.05) is 24.3 Å². The number of amides is 2. The Morgan fingerprint density at radius 2 is 1.43 bits per heavy atom. The number of carbonyl (C=O) groups is 1. The molecule has 2 amide bonds. The lowest BCUT2D eigenvalue weighted by atomic mass is 10.0. The first-order valence-corrected chi connectivity index (χ1v) is 11.9. The maximum Gasteiger partial charge on any atom is 0.318 e. The number of fused-ring (bicyclic) bond motifs is 3. The number of nitrogens with zero attached hydrogens (tertiary/aromatic N) is 1. The van der Waals surface area contributed by atoms with Gasteiger partial charge in [0.1, 0.15) is 0 Å². The van der Waals surface area contributed by atoms with Gasteiger partial charge in [-0.25, -0.2) is 17.9 Å². The molecule has 2 aromatic rings. The topological polar surface area (TPSA) is 78.5 Å². The summed E-state index contributed by atoms with van der Waals surface area (Å²) >= 11 is 0. The summed E-state index contributed by atoms with van der Waals surface area (Å²) in [6.45, 7) is 6.12. The molecule has 0 aromatic heterocycles. The van der Waals surface area contributed by atoms with E-state index in [1.165, 1.54) is 0 Å². The normalized spacial score (nSPS) is 17.5. The highest BCUT2D eigenvalue weighted by atomic mass is 32.2. The Hall–Kier alpha value is -2.38. The molecule has 1 saturated heterocycles. The third-order valence-electron chi connectivity index (χ3n) is 6.01. The van der Waals surface area contributed by atoms with Crippen molar-refractivity contribution in [2.45, 2.75) is 50.4 Å². The van der Waals surface area contributed by atoms with Gasteiger partial charge in [0.05, 0.1) is 10.8 Å². The van der Waals surface area contributed by atoms with E-state index in [2.05, 4.69) is 34.3 Å². The molecule has 1 heterocycles. The number of likely N-dealkylation sites (tertiary alicyclic amines) is 1. The summed E-state index contributed by atoms with van der Waals surface area (Å²) in [4.78, 5) is 14.8. The molecule has 160 valence electrons. The van der Waals surface area contributed by atoms with Gasteiger partial charge in [-0.15, -0.1) is 0 Å². The van der Waals surface area contributed by atoms with Gasteiger partial charge in [0.2, 0.25) is 10.0 Å². The summed E-state index contributed by atoms with van der Waals surface area (Å²) in [7, 11) is -3.39. The molecule has 1 fully saturated rings. The summed E-state index contributed by atoms with van der Waals surface area (Å²) in [5.74, 6) is 0.